The molecule has 6 nitrogen and oxygen atoms in total. The van der Waals surface area contributed by atoms with Crippen molar-refractivity contribution in [3.63, 3.8) is 0 Å². The van der Waals surface area contributed by atoms with Gasteiger partial charge in [0, 0.05) is 30.1 Å². The number of nitrogens with one attached hydrogen (secondary N) is 3. The summed E-state index contributed by atoms with van der Waals surface area (Å²) >= 11 is 0. The van der Waals surface area contributed by atoms with E-state index >= 15 is 0 Å². The number of carbonyl (C=O) groups excluding carboxylic acids is 3. The number of hydrogen-bond acceptors (Lipinski definition) is 3. The molecule has 1 aliphatic carbocycles. The first-order chi connectivity index (χ1) is 12.6. The summed E-state index contributed by atoms with van der Waals surface area (Å²) in [5, 5.41) is 8.12. The Bertz CT molecular complexity index is 688. The van der Waals surface area contributed by atoms with Gasteiger partial charge in [0.05, 0.1) is 6.54 Å². The molecule has 0 radical (unpaired) electrons. The van der Waals surface area contributed by atoms with Crippen molar-refractivity contribution in [2.75, 3.05) is 18.4 Å². The lowest BCUT2D eigenvalue weighted by Gasteiger charge is -2.20. The van der Waals surface area contributed by atoms with Crippen LogP contribution in [0.1, 0.15) is 48.9 Å². The molecule has 0 saturated heterocycles. The van der Waals surface area contributed by atoms with Crippen LogP contribution in [0, 0.1) is 18.3 Å². The highest BCUT2D eigenvalue weighted by Crippen LogP contribution is 2.25. The quantitative estimate of drug-likeness (QED) is 0.655. The Balaban J connectivity index is 1.83. The summed E-state index contributed by atoms with van der Waals surface area (Å²) in [7, 11) is 0. The number of rotatable bonds is 7. The highest BCUT2D eigenvalue weighted by Gasteiger charge is 2.21. The van der Waals surface area contributed by atoms with Crippen molar-refractivity contribution in [3.8, 4) is 12.3 Å². The lowest BCUT2D eigenvalue weighted by molar-refractivity contribution is -0.121. The maximum Gasteiger partial charge on any atom is 0.251 e. The van der Waals surface area contributed by atoms with Gasteiger partial charge in [-0.1, -0.05) is 31.2 Å². The van der Waals surface area contributed by atoms with E-state index in [9.17, 15) is 14.4 Å². The van der Waals surface area contributed by atoms with Crippen molar-refractivity contribution < 1.29 is 14.4 Å². The van der Waals surface area contributed by atoms with Crippen LogP contribution in [0.25, 0.3) is 0 Å². The first-order valence-electron chi connectivity index (χ1n) is 8.99. The van der Waals surface area contributed by atoms with Crippen molar-refractivity contribution in [1.29, 1.82) is 0 Å². The topological polar surface area (TPSA) is 87.3 Å². The Morgan fingerprint density at radius 3 is 2.62 bits per heavy atom. The van der Waals surface area contributed by atoms with Gasteiger partial charge in [0.15, 0.2) is 0 Å². The molecule has 26 heavy (non-hydrogen) atoms. The predicted octanol–water partition coefficient (Wildman–Crippen LogP) is 2.07. The molecule has 0 heterocycles. The second kappa shape index (κ2) is 10.2. The molecule has 1 fully saturated rings. The summed E-state index contributed by atoms with van der Waals surface area (Å²) < 4.78 is 0. The van der Waals surface area contributed by atoms with E-state index in [1.54, 1.807) is 24.3 Å². The Labute approximate surface area is 154 Å². The van der Waals surface area contributed by atoms with E-state index in [-0.39, 0.29) is 43.1 Å². The van der Waals surface area contributed by atoms with Gasteiger partial charge in [-0.15, -0.1) is 6.42 Å². The molecule has 0 aliphatic heterocycles. The number of benzene rings is 1. The minimum Gasteiger partial charge on any atom is -0.352 e. The molecule has 0 bridgehead atoms. The molecule has 2 rings (SSSR count). The first kappa shape index (κ1) is 19.5. The third kappa shape index (κ3) is 6.25. The molecule has 6 heteroatoms. The van der Waals surface area contributed by atoms with Gasteiger partial charge < -0.3 is 16.0 Å². The van der Waals surface area contributed by atoms with Crippen molar-refractivity contribution in [1.82, 2.24) is 10.6 Å². The number of carbonyl (C=O) groups is 3. The van der Waals surface area contributed by atoms with E-state index < -0.39 is 0 Å². The minimum atomic E-state index is -0.288. The molecule has 1 aromatic rings. The van der Waals surface area contributed by atoms with Crippen molar-refractivity contribution in [3.05, 3.63) is 29.8 Å². The van der Waals surface area contributed by atoms with Crippen LogP contribution in [0.3, 0.4) is 0 Å². The number of anilines is 1. The Kier molecular flexibility index (Phi) is 7.69. The van der Waals surface area contributed by atoms with E-state index in [2.05, 4.69) is 21.9 Å². The fraction of sp³-hybridized carbons (Fsp3) is 0.450. The third-order valence-electron chi connectivity index (χ3n) is 4.39. The minimum absolute atomic E-state index is 0.0208. The normalized spacial score (nSPS) is 14.1. The number of amides is 3. The molecule has 1 aromatic carbocycles. The predicted molar refractivity (Wildman–Crippen MR) is 100 cm³/mol. The maximum absolute atomic E-state index is 12.3. The van der Waals surface area contributed by atoms with Gasteiger partial charge in [-0.2, -0.15) is 0 Å². The molecule has 0 atom stereocenters. The standard InChI is InChI=1S/C20H25N3O3/c1-2-12-21-18(24)11-13-22-19(25)16-9-6-10-17(14-16)23-20(26)15-7-4-3-5-8-15/h1,6,9-10,14-15H,3-5,7-8,11-13H2,(H,21,24)(H,22,25)(H,23,26). The largest absolute Gasteiger partial charge is 0.352 e. The van der Waals surface area contributed by atoms with Crippen LogP contribution in [0.2, 0.25) is 0 Å². The Hall–Kier alpha value is -2.81. The van der Waals surface area contributed by atoms with Crippen LogP contribution in [0.5, 0.6) is 0 Å². The number of hydrogen-bond donors (Lipinski definition) is 3. The average Bonchev–Trinajstić information content (AvgIpc) is 2.67. The molecule has 1 aliphatic rings. The zero-order chi connectivity index (χ0) is 18.8. The summed E-state index contributed by atoms with van der Waals surface area (Å²) in [6.07, 6.45) is 10.4. The van der Waals surface area contributed by atoms with Crippen LogP contribution < -0.4 is 16.0 Å². The molecule has 3 amide bonds. The lowest BCUT2D eigenvalue weighted by Crippen LogP contribution is -2.31. The van der Waals surface area contributed by atoms with E-state index in [4.69, 9.17) is 6.42 Å². The molecule has 0 aromatic heterocycles. The van der Waals surface area contributed by atoms with Gasteiger partial charge >= 0.3 is 0 Å². The van der Waals surface area contributed by atoms with Crippen molar-refractivity contribution in [2.24, 2.45) is 5.92 Å². The zero-order valence-corrected chi connectivity index (χ0v) is 14.8. The Morgan fingerprint density at radius 2 is 1.88 bits per heavy atom. The molecule has 3 N–H and O–H groups in total. The van der Waals surface area contributed by atoms with Gasteiger partial charge in [-0.3, -0.25) is 14.4 Å². The van der Waals surface area contributed by atoms with Crippen LogP contribution >= 0.6 is 0 Å². The second-order valence-electron chi connectivity index (χ2n) is 6.39. The third-order valence-corrected chi connectivity index (χ3v) is 4.39. The molecule has 138 valence electrons. The molecular formula is C20H25N3O3. The van der Waals surface area contributed by atoms with Gasteiger partial charge in [-0.05, 0) is 31.0 Å². The lowest BCUT2D eigenvalue weighted by atomic mass is 9.88. The van der Waals surface area contributed by atoms with E-state index in [1.807, 2.05) is 0 Å². The van der Waals surface area contributed by atoms with E-state index in [1.165, 1.54) is 6.42 Å². The average molecular weight is 355 g/mol. The number of terminal acetylenes is 1. The molecule has 0 unspecified atom stereocenters. The van der Waals surface area contributed by atoms with Crippen LogP contribution in [0.15, 0.2) is 24.3 Å². The Morgan fingerprint density at radius 1 is 1.12 bits per heavy atom. The first-order valence-corrected chi connectivity index (χ1v) is 8.99. The molecular weight excluding hydrogens is 330 g/mol. The SMILES string of the molecule is C#CCNC(=O)CCNC(=O)c1cccc(NC(=O)C2CCCCC2)c1. The zero-order valence-electron chi connectivity index (χ0n) is 14.8. The fourth-order valence-corrected chi connectivity index (χ4v) is 2.98. The van der Waals surface area contributed by atoms with Gasteiger partial charge in [0.25, 0.3) is 5.91 Å². The molecule has 1 saturated carbocycles. The van der Waals surface area contributed by atoms with Crippen LogP contribution in [-0.2, 0) is 9.59 Å². The summed E-state index contributed by atoms with van der Waals surface area (Å²) in [6.45, 7) is 0.392. The maximum atomic E-state index is 12.3. The van der Waals surface area contributed by atoms with Gasteiger partial charge in [-0.25, -0.2) is 0 Å². The highest BCUT2D eigenvalue weighted by molar-refractivity contribution is 5.97. The van der Waals surface area contributed by atoms with Crippen molar-refractivity contribution in [2.45, 2.75) is 38.5 Å². The smallest absolute Gasteiger partial charge is 0.251 e. The van der Waals surface area contributed by atoms with Crippen LogP contribution in [0.4, 0.5) is 5.69 Å². The van der Waals surface area contributed by atoms with Gasteiger partial charge in [0.1, 0.15) is 0 Å². The van der Waals surface area contributed by atoms with Gasteiger partial charge in [0.2, 0.25) is 11.8 Å². The van der Waals surface area contributed by atoms with E-state index in [0.717, 1.165) is 25.7 Å². The highest BCUT2D eigenvalue weighted by atomic mass is 16.2. The van der Waals surface area contributed by atoms with E-state index in [0.29, 0.717) is 11.3 Å². The molecule has 0 spiro atoms. The second-order valence-corrected chi connectivity index (χ2v) is 6.39. The summed E-state index contributed by atoms with van der Waals surface area (Å²) in [6, 6.07) is 6.81. The summed E-state index contributed by atoms with van der Waals surface area (Å²) in [5.41, 5.74) is 1.05. The van der Waals surface area contributed by atoms with Crippen molar-refractivity contribution >= 4 is 23.4 Å². The summed E-state index contributed by atoms with van der Waals surface area (Å²) in [5.74, 6) is 1.89. The fourth-order valence-electron chi connectivity index (χ4n) is 2.98. The monoisotopic (exact) mass is 355 g/mol. The van der Waals surface area contributed by atoms with Crippen LogP contribution in [-0.4, -0.2) is 30.8 Å². The summed E-state index contributed by atoms with van der Waals surface area (Å²) in [4.78, 5) is 35.9.